The molecule has 2 heterocycles. The number of para-hydroxylation sites is 1. The number of nitrogens with zero attached hydrogens (tertiary/aromatic N) is 3. The average Bonchev–Trinajstić information content (AvgIpc) is 2.96. The van der Waals surface area contributed by atoms with Crippen LogP contribution in [0.15, 0.2) is 60.9 Å². The van der Waals surface area contributed by atoms with Crippen molar-refractivity contribution in [1.29, 1.82) is 0 Å². The number of allylic oxidation sites excluding steroid dienone is 1. The van der Waals surface area contributed by atoms with Crippen LogP contribution in [0.2, 0.25) is 0 Å². The third kappa shape index (κ3) is 8.28. The minimum atomic E-state index is -4.74. The van der Waals surface area contributed by atoms with Gasteiger partial charge in [-0.25, -0.2) is 4.98 Å². The Kier molecular flexibility index (Phi) is 10.0. The van der Waals surface area contributed by atoms with Crippen molar-refractivity contribution in [2.45, 2.75) is 25.9 Å². The Balaban J connectivity index is 1.51. The topological polar surface area (TPSA) is 108 Å². The molecule has 1 aliphatic heterocycles. The second-order valence-corrected chi connectivity index (χ2v) is 13.8. The van der Waals surface area contributed by atoms with Crippen molar-refractivity contribution in [2.24, 2.45) is 5.92 Å². The Morgan fingerprint density at radius 2 is 1.84 bits per heavy atom. The van der Waals surface area contributed by atoms with Crippen LogP contribution in [0.1, 0.15) is 35.7 Å². The largest absolute Gasteiger partial charge is 0.495 e. The molecule has 1 saturated heterocycles. The number of alkyl halides is 3. The van der Waals surface area contributed by atoms with E-state index in [0.29, 0.717) is 35.2 Å². The highest BCUT2D eigenvalue weighted by Gasteiger charge is 2.36. The Morgan fingerprint density at radius 3 is 2.49 bits per heavy atom. The molecule has 3 N–H and O–H groups in total. The molecule has 2 aromatic carbocycles. The van der Waals surface area contributed by atoms with Crippen LogP contribution in [0.25, 0.3) is 0 Å². The van der Waals surface area contributed by atoms with E-state index in [1.165, 1.54) is 20.4 Å². The molecule has 9 nitrogen and oxygen atoms in total. The fourth-order valence-corrected chi connectivity index (χ4v) is 5.99. The molecule has 43 heavy (non-hydrogen) atoms. The number of carbonyl (C=O) groups is 1. The van der Waals surface area contributed by atoms with Crippen molar-refractivity contribution in [1.82, 2.24) is 20.2 Å². The number of likely N-dealkylation sites (tertiary alicyclic amines) is 1. The summed E-state index contributed by atoms with van der Waals surface area (Å²) in [6.07, 6.45) is 2.01. The first-order valence-corrected chi connectivity index (χ1v) is 16.4. The highest BCUT2D eigenvalue weighted by Crippen LogP contribution is 2.40. The SMILES string of the molecule is CC=CN1CCC(CNC(=O)c2ccc(Nc3ncc(C(F)(F)F)c(Nc4ccccc4P(C)(C)=O)n3)c(OC)c2)CC1. The molecule has 0 radical (unpaired) electrons. The highest BCUT2D eigenvalue weighted by molar-refractivity contribution is 7.70. The summed E-state index contributed by atoms with van der Waals surface area (Å²) in [5.74, 6) is -0.211. The molecule has 0 bridgehead atoms. The molecule has 1 amide bonds. The summed E-state index contributed by atoms with van der Waals surface area (Å²) in [4.78, 5) is 23.1. The summed E-state index contributed by atoms with van der Waals surface area (Å²) >= 11 is 0. The van der Waals surface area contributed by atoms with Gasteiger partial charge in [0.25, 0.3) is 5.91 Å². The van der Waals surface area contributed by atoms with E-state index in [1.54, 1.807) is 42.5 Å². The molecule has 0 spiro atoms. The van der Waals surface area contributed by atoms with Crippen LogP contribution in [0.5, 0.6) is 5.75 Å². The first kappa shape index (κ1) is 31.9. The van der Waals surface area contributed by atoms with Crippen molar-refractivity contribution in [3.63, 3.8) is 0 Å². The second-order valence-electron chi connectivity index (χ2n) is 10.7. The number of aromatic nitrogens is 2. The zero-order chi connectivity index (χ0) is 31.2. The summed E-state index contributed by atoms with van der Waals surface area (Å²) in [6, 6.07) is 11.2. The molecule has 0 atom stereocenters. The number of rotatable bonds is 10. The zero-order valence-corrected chi connectivity index (χ0v) is 25.4. The number of methoxy groups -OCH3 is 1. The third-order valence-corrected chi connectivity index (χ3v) is 8.65. The Labute approximate surface area is 249 Å². The van der Waals surface area contributed by atoms with Gasteiger partial charge in [-0.05, 0) is 75.5 Å². The van der Waals surface area contributed by atoms with Gasteiger partial charge in [-0.1, -0.05) is 18.2 Å². The Bertz CT molecular complexity index is 1520. The molecule has 0 unspecified atom stereocenters. The normalized spacial score (nSPS) is 14.5. The standard InChI is InChI=1S/C30H36F3N6O3P/c1-5-14-39-15-12-20(13-16-39)18-34-28(40)21-10-11-23(25(17-21)42-2)37-29-35-19-22(30(31,32)33)27(38-29)36-24-8-6-7-9-26(24)43(3,4)41/h5-11,14,17,19-20H,12-13,15-16,18H2,1-4H3,(H,34,40)(H2,35,36,37,38). The zero-order valence-electron chi connectivity index (χ0n) is 24.5. The van der Waals surface area contributed by atoms with Gasteiger partial charge < -0.3 is 30.2 Å². The number of halogens is 3. The lowest BCUT2D eigenvalue weighted by molar-refractivity contribution is -0.137. The van der Waals surface area contributed by atoms with Crippen LogP contribution in [0, 0.1) is 5.92 Å². The number of amides is 1. The molecule has 1 aliphatic rings. The lowest BCUT2D eigenvalue weighted by atomic mass is 9.97. The van der Waals surface area contributed by atoms with Gasteiger partial charge in [0, 0.05) is 36.7 Å². The van der Waals surface area contributed by atoms with Crippen LogP contribution in [-0.2, 0) is 10.7 Å². The monoisotopic (exact) mass is 616 g/mol. The number of ether oxygens (including phenoxy) is 1. The van der Waals surface area contributed by atoms with E-state index in [2.05, 4.69) is 37.0 Å². The Hall–Kier alpha value is -4.05. The molecule has 230 valence electrons. The minimum absolute atomic E-state index is 0.135. The summed E-state index contributed by atoms with van der Waals surface area (Å²) in [5, 5.41) is 8.98. The number of benzene rings is 2. The van der Waals surface area contributed by atoms with Gasteiger partial charge in [0.15, 0.2) is 0 Å². The van der Waals surface area contributed by atoms with E-state index < -0.39 is 24.7 Å². The third-order valence-electron chi connectivity index (χ3n) is 7.10. The van der Waals surface area contributed by atoms with Crippen LogP contribution in [0.3, 0.4) is 0 Å². The maximum absolute atomic E-state index is 13.9. The molecule has 4 rings (SSSR count). The molecular formula is C30H36F3N6O3P. The van der Waals surface area contributed by atoms with E-state index in [4.69, 9.17) is 4.74 Å². The van der Waals surface area contributed by atoms with Crippen LogP contribution in [0.4, 0.5) is 36.3 Å². The molecule has 1 fully saturated rings. The maximum Gasteiger partial charge on any atom is 0.421 e. The molecule has 13 heteroatoms. The number of hydrogen-bond acceptors (Lipinski definition) is 8. The van der Waals surface area contributed by atoms with Gasteiger partial charge in [0.2, 0.25) is 5.95 Å². The molecule has 3 aromatic rings. The molecular weight excluding hydrogens is 580 g/mol. The number of anilines is 4. The van der Waals surface area contributed by atoms with Gasteiger partial charge >= 0.3 is 6.18 Å². The van der Waals surface area contributed by atoms with Crippen LogP contribution < -0.4 is 26.0 Å². The Morgan fingerprint density at radius 1 is 1.12 bits per heavy atom. The number of carbonyl (C=O) groups excluding carboxylic acids is 1. The lowest BCUT2D eigenvalue weighted by Gasteiger charge is -2.31. The average molecular weight is 617 g/mol. The van der Waals surface area contributed by atoms with Crippen molar-refractivity contribution >= 4 is 41.5 Å². The van der Waals surface area contributed by atoms with Gasteiger partial charge in [-0.3, -0.25) is 4.79 Å². The van der Waals surface area contributed by atoms with Gasteiger partial charge in [0.05, 0.1) is 18.5 Å². The van der Waals surface area contributed by atoms with Crippen molar-refractivity contribution in [3.8, 4) is 5.75 Å². The van der Waals surface area contributed by atoms with Crippen molar-refractivity contribution in [3.05, 3.63) is 72.1 Å². The maximum atomic E-state index is 13.9. The summed E-state index contributed by atoms with van der Waals surface area (Å²) in [7, 11) is -1.39. The minimum Gasteiger partial charge on any atom is -0.495 e. The first-order chi connectivity index (χ1) is 20.4. The molecule has 1 aromatic heterocycles. The van der Waals surface area contributed by atoms with E-state index in [9.17, 15) is 22.5 Å². The number of piperidine rings is 1. The van der Waals surface area contributed by atoms with Gasteiger partial charge in [-0.15, -0.1) is 0 Å². The fraction of sp³-hybridized carbons (Fsp3) is 0.367. The predicted octanol–water partition coefficient (Wildman–Crippen LogP) is 6.21. The number of nitrogens with one attached hydrogen (secondary N) is 3. The molecule has 0 aliphatic carbocycles. The van der Waals surface area contributed by atoms with E-state index >= 15 is 0 Å². The quantitative estimate of drug-likeness (QED) is 0.231. The van der Waals surface area contributed by atoms with E-state index in [0.717, 1.165) is 25.9 Å². The first-order valence-electron chi connectivity index (χ1n) is 13.8. The van der Waals surface area contributed by atoms with E-state index in [1.807, 2.05) is 13.0 Å². The lowest BCUT2D eigenvalue weighted by Crippen LogP contribution is -2.36. The van der Waals surface area contributed by atoms with Crippen molar-refractivity contribution < 1.29 is 27.3 Å². The molecule has 0 saturated carbocycles. The highest BCUT2D eigenvalue weighted by atomic mass is 31.2. The summed E-state index contributed by atoms with van der Waals surface area (Å²) in [6.45, 7) is 7.53. The van der Waals surface area contributed by atoms with Crippen LogP contribution in [-0.4, -0.2) is 60.8 Å². The second kappa shape index (κ2) is 13.5. The van der Waals surface area contributed by atoms with Gasteiger partial charge in [0.1, 0.15) is 24.3 Å². The fourth-order valence-electron chi connectivity index (χ4n) is 4.83. The van der Waals surface area contributed by atoms with Gasteiger partial charge in [-0.2, -0.15) is 18.2 Å². The van der Waals surface area contributed by atoms with Crippen molar-refractivity contribution in [2.75, 3.05) is 50.7 Å². The smallest absolute Gasteiger partial charge is 0.421 e. The predicted molar refractivity (Wildman–Crippen MR) is 164 cm³/mol. The van der Waals surface area contributed by atoms with Crippen LogP contribution >= 0.6 is 7.14 Å². The number of hydrogen-bond donors (Lipinski definition) is 3. The van der Waals surface area contributed by atoms with E-state index in [-0.39, 0.29) is 23.3 Å². The summed E-state index contributed by atoms with van der Waals surface area (Å²) in [5.41, 5.74) is -0.0959. The summed E-state index contributed by atoms with van der Waals surface area (Å²) < 4.78 is 59.8.